The molecule has 2 N–H and O–H groups in total. The number of ether oxygens (including phenoxy) is 2. The Balaban J connectivity index is 1.42. The first-order valence-electron chi connectivity index (χ1n) is 6.94. The van der Waals surface area contributed by atoms with Gasteiger partial charge in [-0.2, -0.15) is 0 Å². The van der Waals surface area contributed by atoms with Crippen molar-refractivity contribution in [2.45, 2.75) is 12.3 Å². The zero-order valence-corrected chi connectivity index (χ0v) is 11.6. The second kappa shape index (κ2) is 5.87. The molecule has 4 heteroatoms. The van der Waals surface area contributed by atoms with Crippen LogP contribution in [0.4, 0.5) is 5.69 Å². The van der Waals surface area contributed by atoms with E-state index in [9.17, 15) is 4.79 Å². The molecule has 2 aromatic carbocycles. The van der Waals surface area contributed by atoms with Crippen molar-refractivity contribution in [2.75, 3.05) is 18.9 Å². The monoisotopic (exact) mass is 283 g/mol. The molecule has 0 saturated heterocycles. The molecular formula is C17H17NO3. The van der Waals surface area contributed by atoms with Crippen LogP contribution in [0.1, 0.15) is 17.0 Å². The van der Waals surface area contributed by atoms with E-state index in [2.05, 4.69) is 12.1 Å². The molecule has 0 fully saturated rings. The van der Waals surface area contributed by atoms with Gasteiger partial charge in [-0.25, -0.2) is 4.79 Å². The van der Waals surface area contributed by atoms with Gasteiger partial charge in [0.05, 0.1) is 6.61 Å². The Morgan fingerprint density at radius 1 is 1.14 bits per heavy atom. The van der Waals surface area contributed by atoms with Crippen molar-refractivity contribution >= 4 is 11.7 Å². The Labute approximate surface area is 123 Å². The minimum absolute atomic E-state index is 0.0850. The van der Waals surface area contributed by atoms with E-state index in [4.69, 9.17) is 15.2 Å². The molecule has 3 rings (SSSR count). The number of nitrogens with two attached hydrogens (primary N) is 1. The maximum absolute atomic E-state index is 11.7. The first kappa shape index (κ1) is 13.5. The highest BCUT2D eigenvalue weighted by atomic mass is 16.6. The highest BCUT2D eigenvalue weighted by Gasteiger charge is 2.26. The van der Waals surface area contributed by atoms with E-state index in [1.807, 2.05) is 12.1 Å². The van der Waals surface area contributed by atoms with Crippen LogP contribution >= 0.6 is 0 Å². The van der Waals surface area contributed by atoms with Crippen molar-refractivity contribution in [3.63, 3.8) is 0 Å². The second-order valence-electron chi connectivity index (χ2n) is 5.14. The van der Waals surface area contributed by atoms with E-state index in [1.54, 1.807) is 24.3 Å². The van der Waals surface area contributed by atoms with Gasteiger partial charge in [0.25, 0.3) is 0 Å². The Hall–Kier alpha value is -2.49. The summed E-state index contributed by atoms with van der Waals surface area (Å²) in [5.74, 6) is 0.577. The normalized spacial score (nSPS) is 15.7. The van der Waals surface area contributed by atoms with E-state index < -0.39 is 0 Å². The number of hydrogen-bond acceptors (Lipinski definition) is 4. The lowest BCUT2D eigenvalue weighted by atomic mass is 9.78. The average molecular weight is 283 g/mol. The predicted octanol–water partition coefficient (Wildman–Crippen LogP) is 2.53. The van der Waals surface area contributed by atoms with Gasteiger partial charge in [-0.05, 0) is 41.8 Å². The van der Waals surface area contributed by atoms with Gasteiger partial charge in [-0.1, -0.05) is 24.3 Å². The van der Waals surface area contributed by atoms with E-state index in [1.165, 1.54) is 11.1 Å². The minimum atomic E-state index is -0.351. The van der Waals surface area contributed by atoms with Crippen LogP contribution in [0, 0.1) is 0 Å². The number of nitrogen functional groups attached to an aromatic ring is 1. The fourth-order valence-electron chi connectivity index (χ4n) is 2.45. The lowest BCUT2D eigenvalue weighted by molar-refractivity contribution is -0.146. The van der Waals surface area contributed by atoms with Gasteiger partial charge in [0.15, 0.2) is 6.61 Å². The minimum Gasteiger partial charge on any atom is -0.482 e. The SMILES string of the molecule is Nc1ccc(OCC(=O)OCC2Cc3ccccc32)cc1. The maximum Gasteiger partial charge on any atom is 0.344 e. The summed E-state index contributed by atoms with van der Waals surface area (Å²) in [6, 6.07) is 15.1. The zero-order chi connectivity index (χ0) is 14.7. The van der Waals surface area contributed by atoms with E-state index >= 15 is 0 Å². The smallest absolute Gasteiger partial charge is 0.344 e. The Bertz CT molecular complexity index is 637. The third-order valence-corrected chi connectivity index (χ3v) is 3.64. The molecule has 0 saturated carbocycles. The van der Waals surface area contributed by atoms with Gasteiger partial charge in [0.2, 0.25) is 0 Å². The van der Waals surface area contributed by atoms with Crippen molar-refractivity contribution in [3.05, 3.63) is 59.7 Å². The van der Waals surface area contributed by atoms with Gasteiger partial charge in [0.1, 0.15) is 5.75 Å². The lowest BCUT2D eigenvalue weighted by Crippen LogP contribution is -2.25. The molecular weight excluding hydrogens is 266 g/mol. The third-order valence-electron chi connectivity index (χ3n) is 3.64. The van der Waals surface area contributed by atoms with Crippen LogP contribution in [0.15, 0.2) is 48.5 Å². The average Bonchev–Trinajstić information content (AvgIpc) is 2.47. The number of esters is 1. The van der Waals surface area contributed by atoms with Crippen molar-refractivity contribution in [1.82, 2.24) is 0 Å². The van der Waals surface area contributed by atoms with E-state index in [0.29, 0.717) is 24.0 Å². The Morgan fingerprint density at radius 2 is 1.90 bits per heavy atom. The summed E-state index contributed by atoms with van der Waals surface area (Å²) < 4.78 is 10.6. The lowest BCUT2D eigenvalue weighted by Gasteiger charge is -2.29. The summed E-state index contributed by atoms with van der Waals surface area (Å²) in [6.45, 7) is 0.333. The Kier molecular flexibility index (Phi) is 3.77. The molecule has 0 aliphatic heterocycles. The van der Waals surface area contributed by atoms with Crippen molar-refractivity contribution < 1.29 is 14.3 Å². The van der Waals surface area contributed by atoms with Crippen LogP contribution in [0.2, 0.25) is 0 Å². The van der Waals surface area contributed by atoms with Gasteiger partial charge < -0.3 is 15.2 Å². The van der Waals surface area contributed by atoms with Crippen molar-refractivity contribution in [2.24, 2.45) is 0 Å². The van der Waals surface area contributed by atoms with Crippen LogP contribution in [0.25, 0.3) is 0 Å². The largest absolute Gasteiger partial charge is 0.482 e. The Morgan fingerprint density at radius 3 is 2.67 bits per heavy atom. The summed E-state index contributed by atoms with van der Waals surface area (Å²) in [7, 11) is 0. The predicted molar refractivity (Wildman–Crippen MR) is 80.2 cm³/mol. The first-order chi connectivity index (χ1) is 10.2. The molecule has 1 aliphatic carbocycles. The second-order valence-corrected chi connectivity index (χ2v) is 5.14. The fourth-order valence-corrected chi connectivity index (χ4v) is 2.45. The maximum atomic E-state index is 11.7. The number of carbonyl (C=O) groups is 1. The molecule has 1 unspecified atom stereocenters. The summed E-state index contributed by atoms with van der Waals surface area (Å²) in [5.41, 5.74) is 8.86. The number of benzene rings is 2. The first-order valence-corrected chi connectivity index (χ1v) is 6.94. The molecule has 0 radical (unpaired) electrons. The molecule has 1 atom stereocenters. The summed E-state index contributed by atoms with van der Waals surface area (Å²) in [4.78, 5) is 11.7. The molecule has 0 bridgehead atoms. The van der Waals surface area contributed by atoms with Gasteiger partial charge in [-0.3, -0.25) is 0 Å². The van der Waals surface area contributed by atoms with Crippen molar-refractivity contribution in [1.29, 1.82) is 0 Å². The topological polar surface area (TPSA) is 61.5 Å². The highest BCUT2D eigenvalue weighted by molar-refractivity contribution is 5.71. The molecule has 0 amide bonds. The molecule has 2 aromatic rings. The van der Waals surface area contributed by atoms with Crippen LogP contribution in [0.3, 0.4) is 0 Å². The third kappa shape index (κ3) is 3.16. The molecule has 108 valence electrons. The molecule has 0 aromatic heterocycles. The zero-order valence-electron chi connectivity index (χ0n) is 11.6. The molecule has 0 spiro atoms. The summed E-state index contributed by atoms with van der Waals surface area (Å²) >= 11 is 0. The van der Waals surface area contributed by atoms with Crippen LogP contribution < -0.4 is 10.5 Å². The van der Waals surface area contributed by atoms with Gasteiger partial charge in [-0.15, -0.1) is 0 Å². The molecule has 1 aliphatic rings. The summed E-state index contributed by atoms with van der Waals surface area (Å²) in [5, 5.41) is 0. The molecule has 21 heavy (non-hydrogen) atoms. The number of carbonyl (C=O) groups excluding carboxylic acids is 1. The number of fused-ring (bicyclic) bond motifs is 1. The standard InChI is InChI=1S/C17H17NO3/c18-14-5-7-15(8-6-14)20-11-17(19)21-10-13-9-12-3-1-2-4-16(12)13/h1-8,13H,9-11,18H2. The quantitative estimate of drug-likeness (QED) is 0.676. The molecule has 0 heterocycles. The van der Waals surface area contributed by atoms with E-state index in [-0.39, 0.29) is 12.6 Å². The number of rotatable bonds is 5. The number of anilines is 1. The van der Waals surface area contributed by atoms with Crippen LogP contribution in [-0.4, -0.2) is 19.2 Å². The highest BCUT2D eigenvalue weighted by Crippen LogP contribution is 2.34. The fraction of sp³-hybridized carbons (Fsp3) is 0.235. The number of hydrogen-bond donors (Lipinski definition) is 1. The summed E-state index contributed by atoms with van der Waals surface area (Å²) in [6.07, 6.45) is 0.974. The van der Waals surface area contributed by atoms with Gasteiger partial charge in [0, 0.05) is 11.6 Å². The van der Waals surface area contributed by atoms with Gasteiger partial charge >= 0.3 is 5.97 Å². The van der Waals surface area contributed by atoms with E-state index in [0.717, 1.165) is 6.42 Å². The van der Waals surface area contributed by atoms with Crippen LogP contribution in [0.5, 0.6) is 5.75 Å². The molecule has 4 nitrogen and oxygen atoms in total. The van der Waals surface area contributed by atoms with Crippen LogP contribution in [-0.2, 0) is 16.0 Å². The van der Waals surface area contributed by atoms with Crippen molar-refractivity contribution in [3.8, 4) is 5.75 Å².